The van der Waals surface area contributed by atoms with Crippen LogP contribution < -0.4 is 0 Å². The summed E-state index contributed by atoms with van der Waals surface area (Å²) < 4.78 is 5.23. The minimum Gasteiger partial charge on any atom is -0.481 e. The summed E-state index contributed by atoms with van der Waals surface area (Å²) in [6, 6.07) is 0. The maximum absolute atomic E-state index is 12.3. The first-order valence-corrected chi connectivity index (χ1v) is 14.7. The van der Waals surface area contributed by atoms with Gasteiger partial charge in [-0.15, -0.1) is 0 Å². The molecule has 1 N–H and O–H groups in total. The Hall–Kier alpha value is -1.06. The fourth-order valence-electron chi connectivity index (χ4n) is 5.23. The number of hydrogen-bond acceptors (Lipinski definition) is 3. The number of hydrogen-bond donors (Lipinski definition) is 1. The Bertz CT molecular complexity index is 634. The van der Waals surface area contributed by atoms with E-state index >= 15 is 0 Å². The van der Waals surface area contributed by atoms with Gasteiger partial charge < -0.3 is 9.84 Å². The fourth-order valence-corrected chi connectivity index (χ4v) is 5.23. The summed E-state index contributed by atoms with van der Waals surface area (Å²) >= 11 is 0. The molecule has 0 saturated carbocycles. The van der Waals surface area contributed by atoms with Gasteiger partial charge in [-0.1, -0.05) is 115 Å². The maximum Gasteiger partial charge on any atom is 0.307 e. The highest BCUT2D eigenvalue weighted by molar-refractivity contribution is 5.71. The van der Waals surface area contributed by atoms with E-state index in [1.807, 2.05) is 0 Å². The van der Waals surface area contributed by atoms with Crippen LogP contribution in [-0.2, 0) is 14.3 Å². The van der Waals surface area contributed by atoms with Crippen molar-refractivity contribution in [2.75, 3.05) is 6.61 Å². The Labute approximate surface area is 224 Å². The molecule has 0 aliphatic rings. The Balaban J connectivity index is 4.79. The van der Waals surface area contributed by atoms with Crippen LogP contribution in [0.4, 0.5) is 0 Å². The first kappa shape index (κ1) is 34.9. The molecule has 2 unspecified atom stereocenters. The number of carbonyl (C=O) groups is 2. The van der Waals surface area contributed by atoms with E-state index in [1.54, 1.807) is 0 Å². The summed E-state index contributed by atoms with van der Waals surface area (Å²) in [4.78, 5) is 24.0. The van der Waals surface area contributed by atoms with Gasteiger partial charge in [0.15, 0.2) is 0 Å². The molecule has 0 fully saturated rings. The molecule has 0 amide bonds. The van der Waals surface area contributed by atoms with Crippen molar-refractivity contribution in [1.29, 1.82) is 0 Å². The molecule has 0 bridgehead atoms. The largest absolute Gasteiger partial charge is 0.481 e. The third kappa shape index (κ3) is 13.5. The molecule has 0 saturated heterocycles. The van der Waals surface area contributed by atoms with E-state index in [1.165, 1.54) is 32.1 Å². The zero-order chi connectivity index (χ0) is 28.2. The first-order valence-electron chi connectivity index (χ1n) is 14.7. The minimum atomic E-state index is -0.662. The Morgan fingerprint density at radius 3 is 1.75 bits per heavy atom. The summed E-state index contributed by atoms with van der Waals surface area (Å²) in [6.07, 6.45) is 12.3. The van der Waals surface area contributed by atoms with E-state index in [4.69, 9.17) is 4.74 Å². The summed E-state index contributed by atoms with van der Waals surface area (Å²) in [6.45, 7) is 25.0. The van der Waals surface area contributed by atoms with E-state index in [-0.39, 0.29) is 33.5 Å². The smallest absolute Gasteiger partial charge is 0.307 e. The second-order valence-corrected chi connectivity index (χ2v) is 14.8. The van der Waals surface area contributed by atoms with Crippen molar-refractivity contribution in [2.45, 2.75) is 153 Å². The normalized spacial score (nSPS) is 15.0. The summed E-state index contributed by atoms with van der Waals surface area (Å²) in [5, 5.41) is 10.1. The first-order chi connectivity index (χ1) is 16.3. The molecule has 0 heterocycles. The molecule has 0 aromatic rings. The van der Waals surface area contributed by atoms with E-state index < -0.39 is 5.97 Å². The van der Waals surface area contributed by atoms with Crippen molar-refractivity contribution in [3.05, 3.63) is 0 Å². The van der Waals surface area contributed by atoms with Crippen molar-refractivity contribution < 1.29 is 19.4 Å². The quantitative estimate of drug-likeness (QED) is 0.147. The van der Waals surface area contributed by atoms with Crippen LogP contribution in [0.2, 0.25) is 0 Å². The molecule has 0 rings (SSSR count). The monoisotopic (exact) mass is 510 g/mol. The molecular weight excluding hydrogens is 448 g/mol. The summed E-state index contributed by atoms with van der Waals surface area (Å²) in [7, 11) is 0. The SMILES string of the molecule is CCCCOC(=O)CCCCCCCCC(CC(C)(C)C(C)(C)C(CC(C)(C)C)C(=O)O)C(C)(C)C. The van der Waals surface area contributed by atoms with Crippen LogP contribution in [0, 0.1) is 33.5 Å². The molecule has 0 aromatic heterocycles. The highest BCUT2D eigenvalue weighted by atomic mass is 16.5. The number of carboxylic acids is 1. The van der Waals surface area contributed by atoms with Crippen LogP contribution in [0.3, 0.4) is 0 Å². The highest BCUT2D eigenvalue weighted by Gasteiger charge is 2.48. The molecule has 4 heteroatoms. The zero-order valence-electron chi connectivity index (χ0n) is 26.0. The topological polar surface area (TPSA) is 63.6 Å². The summed E-state index contributed by atoms with van der Waals surface area (Å²) in [5.74, 6) is -0.523. The second kappa shape index (κ2) is 15.4. The molecule has 0 aliphatic heterocycles. The molecule has 214 valence electrons. The van der Waals surface area contributed by atoms with Gasteiger partial charge in [-0.05, 0) is 59.7 Å². The van der Waals surface area contributed by atoms with Crippen LogP contribution in [-0.4, -0.2) is 23.7 Å². The minimum absolute atomic E-state index is 0.0187. The van der Waals surface area contributed by atoms with Gasteiger partial charge >= 0.3 is 11.9 Å². The molecule has 4 nitrogen and oxygen atoms in total. The number of carbonyl (C=O) groups excluding carboxylic acids is 1. The average molecular weight is 511 g/mol. The molecule has 2 atom stereocenters. The maximum atomic E-state index is 12.3. The Morgan fingerprint density at radius 2 is 1.28 bits per heavy atom. The second-order valence-electron chi connectivity index (χ2n) is 14.8. The number of unbranched alkanes of at least 4 members (excludes halogenated alkanes) is 6. The van der Waals surface area contributed by atoms with Crippen molar-refractivity contribution in [2.24, 2.45) is 33.5 Å². The van der Waals surface area contributed by atoms with Gasteiger partial charge in [0.25, 0.3) is 0 Å². The van der Waals surface area contributed by atoms with Gasteiger partial charge in [0.1, 0.15) is 0 Å². The third-order valence-electron chi connectivity index (χ3n) is 8.66. The molecular formula is C32H62O4. The number of aliphatic carboxylic acids is 1. The van der Waals surface area contributed by atoms with E-state index in [0.717, 1.165) is 32.1 Å². The third-order valence-corrected chi connectivity index (χ3v) is 8.66. The van der Waals surface area contributed by atoms with Gasteiger partial charge in [-0.2, -0.15) is 0 Å². The van der Waals surface area contributed by atoms with Gasteiger partial charge in [-0.3, -0.25) is 9.59 Å². The number of carboxylic acid groups (broad SMARTS) is 1. The Kier molecular flexibility index (Phi) is 14.9. The van der Waals surface area contributed by atoms with Crippen molar-refractivity contribution >= 4 is 11.9 Å². The molecule has 0 radical (unpaired) electrons. The van der Waals surface area contributed by atoms with E-state index in [9.17, 15) is 14.7 Å². The van der Waals surface area contributed by atoms with Crippen LogP contribution >= 0.6 is 0 Å². The standard InChI is InChI=1S/C32H62O4/c1-12-13-22-36-27(33)21-19-17-15-14-16-18-20-25(30(5,6)7)23-31(8,9)32(10,11)26(28(34)35)24-29(2,3)4/h25-26H,12-24H2,1-11H3,(H,34,35). The predicted molar refractivity (Wildman–Crippen MR) is 153 cm³/mol. The van der Waals surface area contributed by atoms with Gasteiger partial charge in [0, 0.05) is 6.42 Å². The van der Waals surface area contributed by atoms with Gasteiger partial charge in [0.2, 0.25) is 0 Å². The van der Waals surface area contributed by atoms with Gasteiger partial charge in [-0.25, -0.2) is 0 Å². The zero-order valence-corrected chi connectivity index (χ0v) is 26.0. The van der Waals surface area contributed by atoms with Crippen molar-refractivity contribution in [3.63, 3.8) is 0 Å². The van der Waals surface area contributed by atoms with Crippen molar-refractivity contribution in [3.8, 4) is 0 Å². The lowest BCUT2D eigenvalue weighted by Crippen LogP contribution is -2.46. The predicted octanol–water partition coefficient (Wildman–Crippen LogP) is 9.69. The lowest BCUT2D eigenvalue weighted by Gasteiger charge is -2.50. The van der Waals surface area contributed by atoms with Crippen LogP contribution in [0.5, 0.6) is 0 Å². The van der Waals surface area contributed by atoms with Crippen LogP contribution in [0.1, 0.15) is 153 Å². The molecule has 36 heavy (non-hydrogen) atoms. The summed E-state index contributed by atoms with van der Waals surface area (Å²) in [5.41, 5.74) is -0.234. The van der Waals surface area contributed by atoms with Crippen molar-refractivity contribution in [1.82, 2.24) is 0 Å². The molecule has 0 aliphatic carbocycles. The number of ether oxygens (including phenoxy) is 1. The fraction of sp³-hybridized carbons (Fsp3) is 0.938. The van der Waals surface area contributed by atoms with E-state index in [0.29, 0.717) is 25.4 Å². The van der Waals surface area contributed by atoms with Crippen LogP contribution in [0.15, 0.2) is 0 Å². The average Bonchev–Trinajstić information content (AvgIpc) is 2.71. The highest BCUT2D eigenvalue weighted by Crippen LogP contribution is 2.53. The van der Waals surface area contributed by atoms with E-state index in [2.05, 4.69) is 76.2 Å². The lowest BCUT2D eigenvalue weighted by molar-refractivity contribution is -0.153. The van der Waals surface area contributed by atoms with Crippen LogP contribution in [0.25, 0.3) is 0 Å². The Morgan fingerprint density at radius 1 is 0.750 bits per heavy atom. The van der Waals surface area contributed by atoms with Gasteiger partial charge in [0.05, 0.1) is 12.5 Å². The molecule has 0 aromatic carbocycles. The lowest BCUT2D eigenvalue weighted by atomic mass is 9.54. The number of esters is 1. The molecule has 0 spiro atoms. The number of rotatable bonds is 18.